The fourth-order valence-electron chi connectivity index (χ4n) is 2.89. The molecule has 108 valence electrons. The maximum Gasteiger partial charge on any atom is 0.00670 e. The van der Waals surface area contributed by atoms with E-state index in [1.165, 1.54) is 89.3 Å². The summed E-state index contributed by atoms with van der Waals surface area (Å²) in [5.41, 5.74) is 0. The van der Waals surface area contributed by atoms with E-state index in [9.17, 15) is 0 Å². The highest BCUT2D eigenvalue weighted by molar-refractivity contribution is 7.98. The number of rotatable bonds is 5. The molecule has 1 fully saturated rings. The molecule has 0 spiro atoms. The summed E-state index contributed by atoms with van der Waals surface area (Å²) in [6, 6.07) is 0.811. The molecule has 0 atom stereocenters. The van der Waals surface area contributed by atoms with E-state index < -0.39 is 0 Å². The Hall–Kier alpha value is 0.310. The Morgan fingerprint density at radius 1 is 0.833 bits per heavy atom. The first-order chi connectivity index (χ1) is 8.93. The molecule has 1 rings (SSSR count). The lowest BCUT2D eigenvalue weighted by atomic mass is 9.98. The first-order valence-corrected chi connectivity index (χ1v) is 9.55. The molecule has 0 aromatic carbocycles. The van der Waals surface area contributed by atoms with Crippen LogP contribution in [0.25, 0.3) is 0 Å². The van der Waals surface area contributed by atoms with Crippen LogP contribution in [0.3, 0.4) is 0 Å². The van der Waals surface area contributed by atoms with Gasteiger partial charge in [0.2, 0.25) is 0 Å². The molecule has 1 aliphatic carbocycles. The lowest BCUT2D eigenvalue weighted by Gasteiger charge is -2.19. The van der Waals surface area contributed by atoms with Crippen LogP contribution in [0.15, 0.2) is 0 Å². The monoisotopic (exact) mass is 271 g/mol. The molecule has 2 heteroatoms. The van der Waals surface area contributed by atoms with Crippen LogP contribution in [0.1, 0.15) is 77.0 Å². The zero-order valence-electron chi connectivity index (χ0n) is 12.4. The lowest BCUT2D eigenvalue weighted by Crippen LogP contribution is -2.30. The highest BCUT2D eigenvalue weighted by atomic mass is 32.2. The molecule has 0 saturated heterocycles. The second-order valence-corrected chi connectivity index (χ2v) is 6.74. The molecule has 0 unspecified atom stereocenters. The Morgan fingerprint density at radius 2 is 1.33 bits per heavy atom. The van der Waals surface area contributed by atoms with E-state index >= 15 is 0 Å². The molecule has 0 heterocycles. The van der Waals surface area contributed by atoms with E-state index in [1.54, 1.807) is 0 Å². The van der Waals surface area contributed by atoms with Crippen LogP contribution in [-0.4, -0.2) is 24.6 Å². The van der Waals surface area contributed by atoms with Crippen molar-refractivity contribution >= 4 is 11.8 Å². The summed E-state index contributed by atoms with van der Waals surface area (Å²) < 4.78 is 0. The summed E-state index contributed by atoms with van der Waals surface area (Å²) in [7, 11) is 0. The number of hydrogen-bond acceptors (Lipinski definition) is 2. The van der Waals surface area contributed by atoms with Crippen molar-refractivity contribution in [3.8, 4) is 0 Å². The Morgan fingerprint density at radius 3 is 1.83 bits per heavy atom. The first-order valence-electron chi connectivity index (χ1n) is 8.16. The van der Waals surface area contributed by atoms with Crippen LogP contribution >= 0.6 is 11.8 Å². The van der Waals surface area contributed by atoms with Gasteiger partial charge in [-0.1, -0.05) is 57.8 Å². The van der Waals surface area contributed by atoms with Crippen molar-refractivity contribution in [2.45, 2.75) is 83.1 Å². The number of nitrogens with one attached hydrogen (secondary N) is 1. The quantitative estimate of drug-likeness (QED) is 0.706. The smallest absolute Gasteiger partial charge is 0.00670 e. The maximum absolute atomic E-state index is 3.80. The molecule has 0 aliphatic heterocycles. The molecule has 0 aromatic rings. The molecule has 0 aromatic heterocycles. The Kier molecular flexibility index (Phi) is 11.2. The summed E-state index contributed by atoms with van der Waals surface area (Å²) in [6.45, 7) is 1.23. The Bertz CT molecular complexity index is 158. The van der Waals surface area contributed by atoms with Crippen molar-refractivity contribution < 1.29 is 0 Å². The van der Waals surface area contributed by atoms with Crippen LogP contribution < -0.4 is 5.32 Å². The fraction of sp³-hybridized carbons (Fsp3) is 1.00. The van der Waals surface area contributed by atoms with Gasteiger partial charge in [0.1, 0.15) is 0 Å². The topological polar surface area (TPSA) is 12.0 Å². The van der Waals surface area contributed by atoms with Crippen LogP contribution in [-0.2, 0) is 0 Å². The highest BCUT2D eigenvalue weighted by Gasteiger charge is 2.08. The maximum atomic E-state index is 3.80. The van der Waals surface area contributed by atoms with E-state index in [0.29, 0.717) is 0 Å². The standard InChI is InChI=1S/C16H33NS/c1-18-15-11-14-17-16-12-9-7-5-3-2-4-6-8-10-13-16/h16-17H,2-15H2,1H3. The van der Waals surface area contributed by atoms with Crippen molar-refractivity contribution in [3.05, 3.63) is 0 Å². The number of hydrogen-bond donors (Lipinski definition) is 1. The second kappa shape index (κ2) is 12.3. The SMILES string of the molecule is CSCCCNC1CCCCCCCCCCC1. The van der Waals surface area contributed by atoms with Gasteiger partial charge in [0.15, 0.2) is 0 Å². The van der Waals surface area contributed by atoms with E-state index in [-0.39, 0.29) is 0 Å². The summed E-state index contributed by atoms with van der Waals surface area (Å²) in [5, 5.41) is 3.80. The van der Waals surface area contributed by atoms with Gasteiger partial charge in [-0.3, -0.25) is 0 Å². The van der Waals surface area contributed by atoms with Crippen molar-refractivity contribution in [2.75, 3.05) is 18.6 Å². The van der Waals surface area contributed by atoms with Gasteiger partial charge in [-0.2, -0.15) is 11.8 Å². The van der Waals surface area contributed by atoms with Gasteiger partial charge in [0, 0.05) is 6.04 Å². The number of thioether (sulfide) groups is 1. The van der Waals surface area contributed by atoms with E-state index in [2.05, 4.69) is 11.6 Å². The van der Waals surface area contributed by atoms with Gasteiger partial charge < -0.3 is 5.32 Å². The predicted octanol–water partition coefficient (Wildman–Crippen LogP) is 5.00. The zero-order valence-corrected chi connectivity index (χ0v) is 13.2. The second-order valence-electron chi connectivity index (χ2n) is 5.76. The fourth-order valence-corrected chi connectivity index (χ4v) is 3.32. The molecule has 18 heavy (non-hydrogen) atoms. The third-order valence-electron chi connectivity index (χ3n) is 4.06. The molecule has 1 aliphatic rings. The molecule has 1 saturated carbocycles. The lowest BCUT2D eigenvalue weighted by molar-refractivity contribution is 0.405. The summed E-state index contributed by atoms with van der Waals surface area (Å²) >= 11 is 1.97. The molecule has 1 nitrogen and oxygen atoms in total. The zero-order chi connectivity index (χ0) is 12.9. The molecule has 0 radical (unpaired) electrons. The van der Waals surface area contributed by atoms with Crippen LogP contribution in [0.5, 0.6) is 0 Å². The molecule has 1 N–H and O–H groups in total. The van der Waals surface area contributed by atoms with E-state index in [4.69, 9.17) is 0 Å². The van der Waals surface area contributed by atoms with Crippen molar-refractivity contribution in [3.63, 3.8) is 0 Å². The summed E-state index contributed by atoms with van der Waals surface area (Å²) in [5.74, 6) is 1.31. The average Bonchev–Trinajstić information content (AvgIpc) is 2.37. The van der Waals surface area contributed by atoms with E-state index in [1.807, 2.05) is 11.8 Å². The Labute approximate surface area is 119 Å². The minimum atomic E-state index is 0.811. The van der Waals surface area contributed by atoms with Gasteiger partial charge in [0.05, 0.1) is 0 Å². The van der Waals surface area contributed by atoms with Crippen LogP contribution in [0.4, 0.5) is 0 Å². The van der Waals surface area contributed by atoms with Gasteiger partial charge in [0.25, 0.3) is 0 Å². The molecule has 0 bridgehead atoms. The van der Waals surface area contributed by atoms with Gasteiger partial charge in [-0.25, -0.2) is 0 Å². The van der Waals surface area contributed by atoms with Crippen molar-refractivity contribution in [1.82, 2.24) is 5.32 Å². The predicted molar refractivity (Wildman–Crippen MR) is 85.6 cm³/mol. The normalized spacial score (nSPS) is 21.2. The minimum absolute atomic E-state index is 0.811. The van der Waals surface area contributed by atoms with Gasteiger partial charge in [-0.15, -0.1) is 0 Å². The molecular weight excluding hydrogens is 238 g/mol. The largest absolute Gasteiger partial charge is 0.314 e. The Balaban J connectivity index is 2.14. The van der Waals surface area contributed by atoms with Crippen molar-refractivity contribution in [2.24, 2.45) is 0 Å². The average molecular weight is 272 g/mol. The van der Waals surface area contributed by atoms with Crippen LogP contribution in [0, 0.1) is 0 Å². The summed E-state index contributed by atoms with van der Waals surface area (Å²) in [6.07, 6.45) is 19.6. The van der Waals surface area contributed by atoms with E-state index in [0.717, 1.165) is 6.04 Å². The van der Waals surface area contributed by atoms with Crippen molar-refractivity contribution in [1.29, 1.82) is 0 Å². The highest BCUT2D eigenvalue weighted by Crippen LogP contribution is 2.16. The van der Waals surface area contributed by atoms with Gasteiger partial charge in [-0.05, 0) is 37.8 Å². The summed E-state index contributed by atoms with van der Waals surface area (Å²) in [4.78, 5) is 0. The molecular formula is C16H33NS. The molecule has 0 amide bonds. The first kappa shape index (κ1) is 16.4. The third kappa shape index (κ3) is 9.27. The van der Waals surface area contributed by atoms with Gasteiger partial charge >= 0.3 is 0 Å². The third-order valence-corrected chi connectivity index (χ3v) is 4.76. The van der Waals surface area contributed by atoms with Crippen LogP contribution in [0.2, 0.25) is 0 Å². The minimum Gasteiger partial charge on any atom is -0.314 e.